The maximum atomic E-state index is 10.8. The largest absolute Gasteiger partial charge is 0.477 e. The van der Waals surface area contributed by atoms with E-state index in [0.717, 1.165) is 22.4 Å². The van der Waals surface area contributed by atoms with E-state index in [4.69, 9.17) is 5.11 Å². The van der Waals surface area contributed by atoms with Crippen LogP contribution in [0.2, 0.25) is 0 Å². The third-order valence-corrected chi connectivity index (χ3v) is 4.19. The summed E-state index contributed by atoms with van der Waals surface area (Å²) in [6.07, 6.45) is 0. The van der Waals surface area contributed by atoms with Gasteiger partial charge in [0.05, 0.1) is 0 Å². The summed E-state index contributed by atoms with van der Waals surface area (Å²) in [5.41, 5.74) is 1.23. The Morgan fingerprint density at radius 2 is 2.11 bits per heavy atom. The quantitative estimate of drug-likeness (QED) is 0.899. The lowest BCUT2D eigenvalue weighted by Crippen LogP contribution is -2.16. The molecular weight excluding hydrogens is 326 g/mol. The fourth-order valence-corrected chi connectivity index (χ4v) is 3.22. The molecule has 0 aliphatic rings. The summed E-state index contributed by atoms with van der Waals surface area (Å²) in [6.45, 7) is 1.59. The van der Waals surface area contributed by atoms with Crippen LogP contribution in [-0.4, -0.2) is 23.0 Å². The van der Waals surface area contributed by atoms with Crippen LogP contribution in [0.1, 0.15) is 20.1 Å². The molecule has 0 aliphatic heterocycles. The predicted octanol–water partition coefficient (Wildman–Crippen LogP) is 3.84. The molecule has 2 aromatic rings. The number of halogens is 1. The molecule has 0 spiro atoms. The number of thiophene rings is 1. The molecule has 2 rings (SSSR count). The number of hydrogen-bond donors (Lipinski definition) is 1. The number of benzene rings is 1. The zero-order valence-corrected chi connectivity index (χ0v) is 12.9. The molecule has 1 heterocycles. The highest BCUT2D eigenvalue weighted by Gasteiger charge is 2.09. The van der Waals surface area contributed by atoms with Crippen LogP contribution in [0.3, 0.4) is 0 Å². The Hall–Kier alpha value is -1.17. The zero-order valence-electron chi connectivity index (χ0n) is 10.5. The minimum absolute atomic E-state index is 0.394. The molecule has 0 bridgehead atoms. The first-order chi connectivity index (χ1) is 9.04. The standard InChI is InChI=1S/C14H14BrNO2S/c1-16(8-10-3-2-4-11(15)7-10)9-12-5-6-13(19-12)14(17)18/h2-7H,8-9H2,1H3,(H,17,18). The number of rotatable bonds is 5. The van der Waals surface area contributed by atoms with Gasteiger partial charge in [0.1, 0.15) is 4.88 Å². The van der Waals surface area contributed by atoms with Crippen LogP contribution < -0.4 is 0 Å². The lowest BCUT2D eigenvalue weighted by atomic mass is 10.2. The van der Waals surface area contributed by atoms with E-state index < -0.39 is 5.97 Å². The van der Waals surface area contributed by atoms with Crippen molar-refractivity contribution < 1.29 is 9.90 Å². The number of nitrogens with zero attached hydrogens (tertiary/aromatic N) is 1. The van der Waals surface area contributed by atoms with Gasteiger partial charge in [0.2, 0.25) is 0 Å². The van der Waals surface area contributed by atoms with E-state index in [1.165, 1.54) is 16.9 Å². The molecule has 1 aromatic heterocycles. The summed E-state index contributed by atoms with van der Waals surface area (Å²) in [7, 11) is 2.03. The van der Waals surface area contributed by atoms with Gasteiger partial charge >= 0.3 is 5.97 Å². The molecule has 0 saturated heterocycles. The van der Waals surface area contributed by atoms with Crippen LogP contribution in [0.25, 0.3) is 0 Å². The van der Waals surface area contributed by atoms with Crippen LogP contribution >= 0.6 is 27.3 Å². The third-order valence-electron chi connectivity index (χ3n) is 2.64. The number of hydrogen-bond acceptors (Lipinski definition) is 3. The first-order valence-electron chi connectivity index (χ1n) is 5.79. The van der Waals surface area contributed by atoms with Gasteiger partial charge in [-0.2, -0.15) is 0 Å². The molecule has 100 valence electrons. The van der Waals surface area contributed by atoms with Crippen molar-refractivity contribution in [3.05, 3.63) is 56.2 Å². The van der Waals surface area contributed by atoms with Crippen molar-refractivity contribution in [1.29, 1.82) is 0 Å². The van der Waals surface area contributed by atoms with Crippen molar-refractivity contribution in [1.82, 2.24) is 4.90 Å². The minimum atomic E-state index is -0.856. The molecule has 0 aliphatic carbocycles. The Kier molecular flexibility index (Phi) is 4.74. The lowest BCUT2D eigenvalue weighted by Gasteiger charge is -2.15. The van der Waals surface area contributed by atoms with Crippen LogP contribution in [0.15, 0.2) is 40.9 Å². The highest BCUT2D eigenvalue weighted by atomic mass is 79.9. The van der Waals surface area contributed by atoms with E-state index in [1.807, 2.05) is 25.2 Å². The van der Waals surface area contributed by atoms with Gasteiger partial charge in [0, 0.05) is 22.4 Å². The zero-order chi connectivity index (χ0) is 13.8. The Bertz CT molecular complexity index is 582. The average molecular weight is 340 g/mol. The van der Waals surface area contributed by atoms with Crippen LogP contribution in [0, 0.1) is 0 Å². The Morgan fingerprint density at radius 1 is 1.32 bits per heavy atom. The molecule has 3 nitrogen and oxygen atoms in total. The Balaban J connectivity index is 1.97. The van der Waals surface area contributed by atoms with Crippen molar-refractivity contribution >= 4 is 33.2 Å². The number of aromatic carboxylic acids is 1. The monoisotopic (exact) mass is 339 g/mol. The van der Waals surface area contributed by atoms with Crippen LogP contribution in [-0.2, 0) is 13.1 Å². The van der Waals surface area contributed by atoms with Gasteiger partial charge in [0.15, 0.2) is 0 Å². The number of carboxylic acids is 1. The molecule has 1 N–H and O–H groups in total. The van der Waals surface area contributed by atoms with Gasteiger partial charge < -0.3 is 5.11 Å². The highest BCUT2D eigenvalue weighted by Crippen LogP contribution is 2.19. The molecule has 19 heavy (non-hydrogen) atoms. The fourth-order valence-electron chi connectivity index (χ4n) is 1.85. The third kappa shape index (κ3) is 4.16. The second-order valence-electron chi connectivity index (χ2n) is 4.37. The molecule has 0 fully saturated rings. The van der Waals surface area contributed by atoms with E-state index >= 15 is 0 Å². The maximum Gasteiger partial charge on any atom is 0.345 e. The van der Waals surface area contributed by atoms with Crippen molar-refractivity contribution in [2.45, 2.75) is 13.1 Å². The Morgan fingerprint density at radius 3 is 2.74 bits per heavy atom. The summed E-state index contributed by atoms with van der Waals surface area (Å²) >= 11 is 4.79. The van der Waals surface area contributed by atoms with Gasteiger partial charge in [-0.05, 0) is 36.9 Å². The van der Waals surface area contributed by atoms with Crippen molar-refractivity contribution in [2.75, 3.05) is 7.05 Å². The topological polar surface area (TPSA) is 40.5 Å². The predicted molar refractivity (Wildman–Crippen MR) is 80.6 cm³/mol. The van der Waals surface area contributed by atoms with Gasteiger partial charge in [0.25, 0.3) is 0 Å². The number of carbonyl (C=O) groups is 1. The summed E-state index contributed by atoms with van der Waals surface area (Å²) in [5, 5.41) is 8.89. The van der Waals surface area contributed by atoms with E-state index in [1.54, 1.807) is 6.07 Å². The Labute approximate surface area is 124 Å². The van der Waals surface area contributed by atoms with Gasteiger partial charge in [-0.25, -0.2) is 4.79 Å². The van der Waals surface area contributed by atoms with Gasteiger partial charge in [-0.3, -0.25) is 4.90 Å². The fraction of sp³-hybridized carbons (Fsp3) is 0.214. The smallest absolute Gasteiger partial charge is 0.345 e. The molecule has 0 amide bonds. The van der Waals surface area contributed by atoms with E-state index in [-0.39, 0.29) is 0 Å². The molecule has 0 atom stereocenters. The molecule has 0 saturated carbocycles. The molecular formula is C14H14BrNO2S. The van der Waals surface area contributed by atoms with E-state index in [2.05, 4.69) is 33.0 Å². The summed E-state index contributed by atoms with van der Waals surface area (Å²) < 4.78 is 1.07. The molecule has 0 unspecified atom stereocenters. The van der Waals surface area contributed by atoms with Gasteiger partial charge in [-0.15, -0.1) is 11.3 Å². The lowest BCUT2D eigenvalue weighted by molar-refractivity contribution is 0.0702. The first kappa shape index (κ1) is 14.2. The normalized spacial score (nSPS) is 10.9. The second kappa shape index (κ2) is 6.32. The van der Waals surface area contributed by atoms with Crippen LogP contribution in [0.5, 0.6) is 0 Å². The minimum Gasteiger partial charge on any atom is -0.477 e. The highest BCUT2D eigenvalue weighted by molar-refractivity contribution is 9.10. The van der Waals surface area contributed by atoms with Crippen molar-refractivity contribution in [3.8, 4) is 0 Å². The summed E-state index contributed by atoms with van der Waals surface area (Å²) in [4.78, 5) is 14.4. The van der Waals surface area contributed by atoms with Crippen molar-refractivity contribution in [2.24, 2.45) is 0 Å². The molecule has 5 heteroatoms. The molecule has 1 aromatic carbocycles. The van der Waals surface area contributed by atoms with E-state index in [0.29, 0.717) is 4.88 Å². The van der Waals surface area contributed by atoms with Crippen molar-refractivity contribution in [3.63, 3.8) is 0 Å². The van der Waals surface area contributed by atoms with Gasteiger partial charge in [-0.1, -0.05) is 28.1 Å². The maximum absolute atomic E-state index is 10.8. The molecule has 0 radical (unpaired) electrons. The number of carboxylic acid groups (broad SMARTS) is 1. The average Bonchev–Trinajstić information content (AvgIpc) is 2.77. The van der Waals surface area contributed by atoms with E-state index in [9.17, 15) is 4.79 Å². The first-order valence-corrected chi connectivity index (χ1v) is 7.40. The SMILES string of the molecule is CN(Cc1cccc(Br)c1)Cc1ccc(C(=O)O)s1. The summed E-state index contributed by atoms with van der Waals surface area (Å²) in [5.74, 6) is -0.856. The summed E-state index contributed by atoms with van der Waals surface area (Å²) in [6, 6.07) is 11.7. The van der Waals surface area contributed by atoms with Crippen LogP contribution in [0.4, 0.5) is 0 Å². The second-order valence-corrected chi connectivity index (χ2v) is 6.46.